The van der Waals surface area contributed by atoms with Crippen LogP contribution in [0.25, 0.3) is 0 Å². The van der Waals surface area contributed by atoms with Crippen molar-refractivity contribution in [3.05, 3.63) is 53.9 Å². The molecule has 0 radical (unpaired) electrons. The summed E-state index contributed by atoms with van der Waals surface area (Å²) in [5, 5.41) is 9.62. The SMILES string of the molecule is CC(C)C1CCC(c2ccc(O)cc2)(C2CC=CC=C2F)CC1. The van der Waals surface area contributed by atoms with Gasteiger partial charge in [0.05, 0.1) is 0 Å². The zero-order valence-corrected chi connectivity index (χ0v) is 14.1. The van der Waals surface area contributed by atoms with Crippen LogP contribution in [0, 0.1) is 17.8 Å². The van der Waals surface area contributed by atoms with Crippen LogP contribution in [0.15, 0.2) is 48.3 Å². The molecule has 0 aliphatic heterocycles. The van der Waals surface area contributed by atoms with E-state index >= 15 is 0 Å². The molecule has 1 aromatic rings. The van der Waals surface area contributed by atoms with Crippen LogP contribution in [0.1, 0.15) is 51.5 Å². The van der Waals surface area contributed by atoms with Crippen molar-refractivity contribution in [2.24, 2.45) is 17.8 Å². The lowest BCUT2D eigenvalue weighted by Crippen LogP contribution is -2.40. The highest BCUT2D eigenvalue weighted by Gasteiger charge is 2.45. The summed E-state index contributed by atoms with van der Waals surface area (Å²) in [7, 11) is 0. The maximum atomic E-state index is 14.7. The first-order valence-electron chi connectivity index (χ1n) is 8.84. The van der Waals surface area contributed by atoms with E-state index in [1.807, 2.05) is 18.2 Å². The largest absolute Gasteiger partial charge is 0.508 e. The standard InChI is InChI=1S/C21H27FO/c1-15(2)16-11-13-21(14-12-16,17-7-9-18(23)10-8-17)19-5-3-4-6-20(19)22/h3-4,6-10,15-16,19,23H,5,11-14H2,1-2H3. The highest BCUT2D eigenvalue weighted by Crippen LogP contribution is 2.52. The van der Waals surface area contributed by atoms with Gasteiger partial charge in [0.2, 0.25) is 0 Å². The van der Waals surface area contributed by atoms with Gasteiger partial charge in [-0.3, -0.25) is 0 Å². The van der Waals surface area contributed by atoms with Gasteiger partial charge >= 0.3 is 0 Å². The molecule has 1 saturated carbocycles. The molecule has 2 aliphatic rings. The summed E-state index contributed by atoms with van der Waals surface area (Å²) in [5.41, 5.74) is 1.05. The van der Waals surface area contributed by atoms with Crippen LogP contribution in [0.5, 0.6) is 5.75 Å². The van der Waals surface area contributed by atoms with Crippen molar-refractivity contribution < 1.29 is 9.50 Å². The summed E-state index contributed by atoms with van der Waals surface area (Å²) in [4.78, 5) is 0. The molecule has 0 bridgehead atoms. The van der Waals surface area contributed by atoms with Crippen molar-refractivity contribution in [2.45, 2.75) is 51.4 Å². The second-order valence-electron chi connectivity index (χ2n) is 7.55. The van der Waals surface area contributed by atoms with Gasteiger partial charge < -0.3 is 5.11 Å². The third-order valence-corrected chi connectivity index (χ3v) is 6.07. The molecule has 23 heavy (non-hydrogen) atoms. The Morgan fingerprint density at radius 3 is 2.35 bits per heavy atom. The molecular formula is C21H27FO. The van der Waals surface area contributed by atoms with E-state index in [0.717, 1.165) is 38.0 Å². The Morgan fingerprint density at radius 1 is 1.13 bits per heavy atom. The first-order chi connectivity index (χ1) is 11.0. The first-order valence-corrected chi connectivity index (χ1v) is 8.84. The van der Waals surface area contributed by atoms with Crippen molar-refractivity contribution in [3.8, 4) is 5.75 Å². The molecule has 2 heteroatoms. The Kier molecular flexibility index (Phi) is 4.61. The molecule has 0 heterocycles. The minimum Gasteiger partial charge on any atom is -0.508 e. The molecule has 1 aromatic carbocycles. The second-order valence-corrected chi connectivity index (χ2v) is 7.55. The molecule has 0 spiro atoms. The van der Waals surface area contributed by atoms with E-state index in [9.17, 15) is 9.50 Å². The molecule has 0 amide bonds. The number of allylic oxidation sites excluding steroid dienone is 4. The minimum absolute atomic E-state index is 0.0172. The number of phenolic OH excluding ortho intramolecular Hbond substituents is 1. The van der Waals surface area contributed by atoms with E-state index in [1.165, 1.54) is 5.56 Å². The summed E-state index contributed by atoms with van der Waals surface area (Å²) < 4.78 is 14.7. The lowest BCUT2D eigenvalue weighted by atomic mass is 9.57. The fourth-order valence-electron chi connectivity index (χ4n) is 4.55. The molecule has 2 aliphatic carbocycles. The van der Waals surface area contributed by atoms with E-state index in [0.29, 0.717) is 5.92 Å². The number of hydrogen-bond donors (Lipinski definition) is 1. The first kappa shape index (κ1) is 16.3. The summed E-state index contributed by atoms with van der Waals surface area (Å²) in [6, 6.07) is 7.48. The van der Waals surface area contributed by atoms with Crippen LogP contribution in [-0.2, 0) is 5.41 Å². The van der Waals surface area contributed by atoms with Crippen molar-refractivity contribution in [2.75, 3.05) is 0 Å². The van der Waals surface area contributed by atoms with Crippen LogP contribution in [-0.4, -0.2) is 5.11 Å². The lowest BCUT2D eigenvalue weighted by Gasteiger charge is -2.47. The highest BCUT2D eigenvalue weighted by atomic mass is 19.1. The van der Waals surface area contributed by atoms with Crippen molar-refractivity contribution >= 4 is 0 Å². The van der Waals surface area contributed by atoms with Gasteiger partial charge in [-0.05, 0) is 67.7 Å². The summed E-state index contributed by atoms with van der Waals surface area (Å²) >= 11 is 0. The number of rotatable bonds is 3. The Morgan fingerprint density at radius 2 is 1.78 bits per heavy atom. The van der Waals surface area contributed by atoms with Gasteiger partial charge in [0.1, 0.15) is 11.6 Å². The maximum Gasteiger partial charge on any atom is 0.115 e. The van der Waals surface area contributed by atoms with Gasteiger partial charge in [-0.25, -0.2) is 4.39 Å². The summed E-state index contributed by atoms with van der Waals surface area (Å²) in [6.07, 6.45) is 10.7. The Labute approximate surface area is 138 Å². The normalized spacial score (nSPS) is 31.2. The zero-order chi connectivity index (χ0) is 16.4. The Bertz CT molecular complexity index is 589. The minimum atomic E-state index is -0.134. The molecule has 1 fully saturated rings. The van der Waals surface area contributed by atoms with Crippen LogP contribution in [0.3, 0.4) is 0 Å². The maximum absolute atomic E-state index is 14.7. The van der Waals surface area contributed by atoms with E-state index < -0.39 is 0 Å². The van der Waals surface area contributed by atoms with Gasteiger partial charge in [0.15, 0.2) is 0 Å². The fourth-order valence-corrected chi connectivity index (χ4v) is 4.55. The predicted molar refractivity (Wildman–Crippen MR) is 93.0 cm³/mol. The number of benzene rings is 1. The number of halogens is 1. The van der Waals surface area contributed by atoms with Crippen molar-refractivity contribution in [3.63, 3.8) is 0 Å². The molecule has 1 nitrogen and oxygen atoms in total. The molecule has 1 N–H and O–H groups in total. The van der Waals surface area contributed by atoms with Gasteiger partial charge in [-0.2, -0.15) is 0 Å². The van der Waals surface area contributed by atoms with Crippen LogP contribution < -0.4 is 0 Å². The van der Waals surface area contributed by atoms with E-state index in [4.69, 9.17) is 0 Å². The number of phenols is 1. The molecule has 1 atom stereocenters. The quantitative estimate of drug-likeness (QED) is 0.735. The summed E-state index contributed by atoms with van der Waals surface area (Å²) in [5.74, 6) is 1.67. The molecular weight excluding hydrogens is 287 g/mol. The molecule has 0 saturated heterocycles. The molecule has 124 valence electrons. The topological polar surface area (TPSA) is 20.2 Å². The van der Waals surface area contributed by atoms with E-state index in [1.54, 1.807) is 18.2 Å². The van der Waals surface area contributed by atoms with E-state index in [-0.39, 0.29) is 22.9 Å². The van der Waals surface area contributed by atoms with Gasteiger partial charge in [-0.15, -0.1) is 0 Å². The van der Waals surface area contributed by atoms with Crippen LogP contribution >= 0.6 is 0 Å². The van der Waals surface area contributed by atoms with Crippen LogP contribution in [0.2, 0.25) is 0 Å². The van der Waals surface area contributed by atoms with Gasteiger partial charge in [-0.1, -0.05) is 38.1 Å². The lowest BCUT2D eigenvalue weighted by molar-refractivity contribution is 0.138. The second kappa shape index (κ2) is 6.51. The monoisotopic (exact) mass is 314 g/mol. The predicted octanol–water partition coefficient (Wildman–Crippen LogP) is 5.91. The third-order valence-electron chi connectivity index (χ3n) is 6.07. The third kappa shape index (κ3) is 3.08. The average molecular weight is 314 g/mol. The number of aromatic hydroxyl groups is 1. The average Bonchev–Trinajstić information content (AvgIpc) is 2.56. The van der Waals surface area contributed by atoms with Crippen molar-refractivity contribution in [1.29, 1.82) is 0 Å². The van der Waals surface area contributed by atoms with Crippen LogP contribution in [0.4, 0.5) is 4.39 Å². The fraction of sp³-hybridized carbons (Fsp3) is 0.524. The van der Waals surface area contributed by atoms with Gasteiger partial charge in [0, 0.05) is 11.3 Å². The molecule has 1 unspecified atom stereocenters. The highest BCUT2D eigenvalue weighted by molar-refractivity contribution is 5.36. The van der Waals surface area contributed by atoms with E-state index in [2.05, 4.69) is 19.9 Å². The number of hydrogen-bond acceptors (Lipinski definition) is 1. The zero-order valence-electron chi connectivity index (χ0n) is 14.1. The Hall–Kier alpha value is -1.57. The van der Waals surface area contributed by atoms with Gasteiger partial charge in [0.25, 0.3) is 0 Å². The molecule has 0 aromatic heterocycles. The Balaban J connectivity index is 1.96. The summed E-state index contributed by atoms with van der Waals surface area (Å²) in [6.45, 7) is 4.59. The van der Waals surface area contributed by atoms with Crippen molar-refractivity contribution in [1.82, 2.24) is 0 Å². The molecule has 3 rings (SSSR count). The smallest absolute Gasteiger partial charge is 0.115 e.